The van der Waals surface area contributed by atoms with Crippen molar-refractivity contribution in [1.82, 2.24) is 5.32 Å². The zero-order valence-corrected chi connectivity index (χ0v) is 17.3. The van der Waals surface area contributed by atoms with Crippen molar-refractivity contribution in [1.29, 1.82) is 0 Å². The van der Waals surface area contributed by atoms with Gasteiger partial charge in [0, 0.05) is 10.7 Å². The largest absolute Gasteiger partial charge is 0.345 e. The van der Waals surface area contributed by atoms with Gasteiger partial charge in [0.1, 0.15) is 0 Å². The molecular weight excluding hydrogens is 407 g/mol. The Labute approximate surface area is 179 Å². The predicted molar refractivity (Wildman–Crippen MR) is 118 cm³/mol. The Bertz CT molecular complexity index is 1020. The lowest BCUT2D eigenvalue weighted by atomic mass is 10.0. The molecule has 6 heteroatoms. The summed E-state index contributed by atoms with van der Waals surface area (Å²) in [4.78, 5) is 25.4. The van der Waals surface area contributed by atoms with Crippen molar-refractivity contribution in [2.24, 2.45) is 0 Å². The highest BCUT2D eigenvalue weighted by Gasteiger charge is 2.20. The highest BCUT2D eigenvalue weighted by Crippen LogP contribution is 2.23. The van der Waals surface area contributed by atoms with Gasteiger partial charge in [0.05, 0.1) is 23.0 Å². The maximum atomic E-state index is 12.7. The summed E-state index contributed by atoms with van der Waals surface area (Å²) in [5.41, 5.74) is 2.72. The first-order chi connectivity index (χ1) is 13.9. The second-order valence-corrected chi connectivity index (χ2v) is 7.45. The van der Waals surface area contributed by atoms with Gasteiger partial charge in [0.15, 0.2) is 0 Å². The molecule has 1 atom stereocenters. The van der Waals surface area contributed by atoms with E-state index in [1.54, 1.807) is 36.4 Å². The molecule has 2 amide bonds. The molecule has 0 heterocycles. The molecule has 2 N–H and O–H groups in total. The minimum absolute atomic E-state index is 0.0612. The first-order valence-corrected chi connectivity index (χ1v) is 9.86. The van der Waals surface area contributed by atoms with Crippen LogP contribution in [-0.2, 0) is 4.79 Å². The maximum absolute atomic E-state index is 12.7. The first kappa shape index (κ1) is 20.9. The molecule has 0 unspecified atom stereocenters. The fourth-order valence-electron chi connectivity index (χ4n) is 2.89. The van der Waals surface area contributed by atoms with Gasteiger partial charge in [-0.25, -0.2) is 0 Å². The Balaban J connectivity index is 1.77. The Hall–Kier alpha value is -2.82. The van der Waals surface area contributed by atoms with Gasteiger partial charge in [-0.15, -0.1) is 0 Å². The van der Waals surface area contributed by atoms with Crippen LogP contribution in [0.2, 0.25) is 10.0 Å². The highest BCUT2D eigenvalue weighted by atomic mass is 35.5. The van der Waals surface area contributed by atoms with Crippen LogP contribution in [0.25, 0.3) is 0 Å². The number of amides is 2. The third-order valence-corrected chi connectivity index (χ3v) is 5.21. The van der Waals surface area contributed by atoms with Crippen LogP contribution in [0.5, 0.6) is 0 Å². The van der Waals surface area contributed by atoms with E-state index < -0.39 is 6.04 Å². The van der Waals surface area contributed by atoms with Crippen molar-refractivity contribution in [3.63, 3.8) is 0 Å². The maximum Gasteiger partial charge on any atom is 0.253 e. The Morgan fingerprint density at radius 2 is 1.59 bits per heavy atom. The van der Waals surface area contributed by atoms with Crippen LogP contribution in [0.1, 0.15) is 33.9 Å². The van der Waals surface area contributed by atoms with Gasteiger partial charge in [-0.05, 0) is 42.3 Å². The number of halogens is 2. The Morgan fingerprint density at radius 1 is 0.897 bits per heavy atom. The molecule has 0 radical (unpaired) electrons. The standard InChI is InChI=1S/C23H20Cl2N2O2/c1-15-11-12-17(13-20(15)25)26-22(28)14-21(16-7-3-2-4-8-16)27-23(29)18-9-5-6-10-19(18)24/h2-13,21H,14H2,1H3,(H,26,28)(H,27,29)/t21-/m1/s1. The molecule has 3 aromatic carbocycles. The van der Waals surface area contributed by atoms with E-state index >= 15 is 0 Å². The highest BCUT2D eigenvalue weighted by molar-refractivity contribution is 6.33. The number of carbonyl (C=O) groups is 2. The van der Waals surface area contributed by atoms with Gasteiger partial charge in [0.25, 0.3) is 5.91 Å². The van der Waals surface area contributed by atoms with Crippen molar-refractivity contribution < 1.29 is 9.59 Å². The van der Waals surface area contributed by atoms with Gasteiger partial charge in [-0.2, -0.15) is 0 Å². The summed E-state index contributed by atoms with van der Waals surface area (Å²) in [6.07, 6.45) is 0.0612. The number of aryl methyl sites for hydroxylation is 1. The lowest BCUT2D eigenvalue weighted by Crippen LogP contribution is -2.31. The van der Waals surface area contributed by atoms with E-state index in [1.807, 2.05) is 43.3 Å². The number of hydrogen-bond donors (Lipinski definition) is 2. The normalized spacial score (nSPS) is 11.6. The third-order valence-electron chi connectivity index (χ3n) is 4.47. The molecular formula is C23H20Cl2N2O2. The number of nitrogens with one attached hydrogen (secondary N) is 2. The Kier molecular flexibility index (Phi) is 6.91. The van der Waals surface area contributed by atoms with E-state index in [4.69, 9.17) is 23.2 Å². The quantitative estimate of drug-likeness (QED) is 0.522. The van der Waals surface area contributed by atoms with Crippen molar-refractivity contribution in [3.05, 3.63) is 99.5 Å². The fraction of sp³-hybridized carbons (Fsp3) is 0.130. The molecule has 29 heavy (non-hydrogen) atoms. The zero-order chi connectivity index (χ0) is 20.8. The summed E-state index contributed by atoms with van der Waals surface area (Å²) >= 11 is 12.3. The summed E-state index contributed by atoms with van der Waals surface area (Å²) in [6, 6.07) is 21.0. The molecule has 0 aromatic heterocycles. The van der Waals surface area contributed by atoms with E-state index in [-0.39, 0.29) is 18.2 Å². The Morgan fingerprint density at radius 3 is 2.28 bits per heavy atom. The molecule has 0 aliphatic rings. The third kappa shape index (κ3) is 5.59. The van der Waals surface area contributed by atoms with E-state index in [0.29, 0.717) is 21.3 Å². The van der Waals surface area contributed by atoms with Crippen LogP contribution in [-0.4, -0.2) is 11.8 Å². The molecule has 3 rings (SSSR count). The van der Waals surface area contributed by atoms with Crippen molar-refractivity contribution in [2.75, 3.05) is 5.32 Å². The van der Waals surface area contributed by atoms with Crippen molar-refractivity contribution in [2.45, 2.75) is 19.4 Å². The number of hydrogen-bond acceptors (Lipinski definition) is 2. The average molecular weight is 427 g/mol. The molecule has 148 valence electrons. The van der Waals surface area contributed by atoms with Gasteiger partial charge in [0.2, 0.25) is 5.91 Å². The number of rotatable bonds is 6. The van der Waals surface area contributed by atoms with Gasteiger partial charge < -0.3 is 10.6 Å². The second-order valence-electron chi connectivity index (χ2n) is 6.63. The number of anilines is 1. The fourth-order valence-corrected chi connectivity index (χ4v) is 3.29. The summed E-state index contributed by atoms with van der Waals surface area (Å²) in [5.74, 6) is -0.575. The SMILES string of the molecule is Cc1ccc(NC(=O)C[C@@H](NC(=O)c2ccccc2Cl)c2ccccc2)cc1Cl. The predicted octanol–water partition coefficient (Wildman–Crippen LogP) is 5.80. The summed E-state index contributed by atoms with van der Waals surface area (Å²) in [6.45, 7) is 1.89. The molecule has 0 aliphatic heterocycles. The van der Waals surface area contributed by atoms with Crippen molar-refractivity contribution in [3.8, 4) is 0 Å². The molecule has 4 nitrogen and oxygen atoms in total. The van der Waals surface area contributed by atoms with Crippen LogP contribution >= 0.6 is 23.2 Å². The monoisotopic (exact) mass is 426 g/mol. The molecule has 0 saturated heterocycles. The van der Waals surface area contributed by atoms with Gasteiger partial charge in [-0.1, -0.05) is 71.7 Å². The topological polar surface area (TPSA) is 58.2 Å². The zero-order valence-electron chi connectivity index (χ0n) is 15.8. The molecule has 0 spiro atoms. The van der Waals surface area contributed by atoms with Crippen molar-refractivity contribution >= 4 is 40.7 Å². The van der Waals surface area contributed by atoms with E-state index in [1.165, 1.54) is 0 Å². The minimum atomic E-state index is -0.513. The number of carbonyl (C=O) groups excluding carboxylic acids is 2. The van der Waals surface area contributed by atoms with Gasteiger partial charge >= 0.3 is 0 Å². The molecule has 0 fully saturated rings. The molecule has 0 bridgehead atoms. The van der Waals surface area contributed by atoms with E-state index in [2.05, 4.69) is 10.6 Å². The molecule has 0 saturated carbocycles. The van der Waals surface area contributed by atoms with Crippen LogP contribution < -0.4 is 10.6 Å². The van der Waals surface area contributed by atoms with E-state index in [9.17, 15) is 9.59 Å². The molecule has 0 aliphatic carbocycles. The van der Waals surface area contributed by atoms with Crippen LogP contribution in [0.3, 0.4) is 0 Å². The van der Waals surface area contributed by atoms with Crippen LogP contribution in [0.4, 0.5) is 5.69 Å². The minimum Gasteiger partial charge on any atom is -0.345 e. The smallest absolute Gasteiger partial charge is 0.253 e. The molecule has 3 aromatic rings. The lowest BCUT2D eigenvalue weighted by Gasteiger charge is -2.19. The van der Waals surface area contributed by atoms with Crippen LogP contribution in [0, 0.1) is 6.92 Å². The summed E-state index contributed by atoms with van der Waals surface area (Å²) < 4.78 is 0. The summed E-state index contributed by atoms with van der Waals surface area (Å²) in [5, 5.41) is 6.69. The second kappa shape index (κ2) is 9.59. The van der Waals surface area contributed by atoms with Gasteiger partial charge in [-0.3, -0.25) is 9.59 Å². The number of benzene rings is 3. The van der Waals surface area contributed by atoms with Crippen LogP contribution in [0.15, 0.2) is 72.8 Å². The lowest BCUT2D eigenvalue weighted by molar-refractivity contribution is -0.116. The van der Waals surface area contributed by atoms with E-state index in [0.717, 1.165) is 11.1 Å². The first-order valence-electron chi connectivity index (χ1n) is 9.10. The average Bonchev–Trinajstić information content (AvgIpc) is 2.71. The summed E-state index contributed by atoms with van der Waals surface area (Å²) in [7, 11) is 0.